The van der Waals surface area contributed by atoms with Gasteiger partial charge >= 0.3 is 31.1 Å². The van der Waals surface area contributed by atoms with Crippen molar-refractivity contribution in [2.24, 2.45) is 4.99 Å². The van der Waals surface area contributed by atoms with Gasteiger partial charge in [0.25, 0.3) is 0 Å². The molecule has 3 nitrogen and oxygen atoms in total. The number of amidine groups is 1. The largest absolute Gasteiger partial charge is 2.00 e. The predicted molar refractivity (Wildman–Crippen MR) is 90.4 cm³/mol. The van der Waals surface area contributed by atoms with Crippen molar-refractivity contribution in [3.63, 3.8) is 0 Å². The fourth-order valence-electron chi connectivity index (χ4n) is 2.72. The number of aliphatic imine (C=N–C) groups is 1. The Morgan fingerprint density at radius 2 is 1.92 bits per heavy atom. The van der Waals surface area contributed by atoms with Crippen LogP contribution in [-0.2, 0) is 0 Å². The zero-order valence-electron chi connectivity index (χ0n) is 13.8. The Labute approximate surface area is 166 Å². The van der Waals surface area contributed by atoms with Crippen LogP contribution in [0.25, 0.3) is 0 Å². The molecule has 0 bridgehead atoms. The minimum atomic E-state index is -0.297. The third-order valence-corrected chi connectivity index (χ3v) is 4.04. The summed E-state index contributed by atoms with van der Waals surface area (Å²) in [5.41, 5.74) is 1.44. The summed E-state index contributed by atoms with van der Waals surface area (Å²) in [6, 6.07) is 18.4. The minimum Gasteiger partial charge on any atom is -0.393 e. The third-order valence-electron chi connectivity index (χ3n) is 4.04. The number of likely N-dealkylation sites (N-methyl/N-ethyl adjacent to an activating group) is 1. The zero-order valence-corrected chi connectivity index (χ0v) is 18.0. The molecule has 1 fully saturated rings. The molecule has 122 valence electrons. The Balaban J connectivity index is 0.00000208. The van der Waals surface area contributed by atoms with Gasteiger partial charge in [0.1, 0.15) is 0 Å². The van der Waals surface area contributed by atoms with Crippen LogP contribution in [0.3, 0.4) is 0 Å². The summed E-state index contributed by atoms with van der Waals surface area (Å²) in [7, 11) is 0. The van der Waals surface area contributed by atoms with E-state index < -0.39 is 0 Å². The second kappa shape index (κ2) is 9.37. The van der Waals surface area contributed by atoms with E-state index in [0.717, 1.165) is 44.1 Å². The van der Waals surface area contributed by atoms with Crippen molar-refractivity contribution in [1.82, 2.24) is 9.80 Å². The Morgan fingerprint density at radius 3 is 2.54 bits per heavy atom. The maximum Gasteiger partial charge on any atom is 2.00 e. The predicted octanol–water partition coefficient (Wildman–Crippen LogP) is 3.14. The molecule has 1 saturated heterocycles. The van der Waals surface area contributed by atoms with E-state index in [1.165, 1.54) is 12.1 Å². The summed E-state index contributed by atoms with van der Waals surface area (Å²) in [6.07, 6.45) is 0. The van der Waals surface area contributed by atoms with E-state index in [0.29, 0.717) is 5.69 Å². The quantitative estimate of drug-likeness (QED) is 0.334. The van der Waals surface area contributed by atoms with Crippen LogP contribution in [0.1, 0.15) is 12.5 Å². The maximum atomic E-state index is 13.4. The van der Waals surface area contributed by atoms with E-state index in [1.807, 2.05) is 24.3 Å². The number of rotatable bonds is 3. The molecule has 0 spiro atoms. The van der Waals surface area contributed by atoms with Crippen LogP contribution in [0.15, 0.2) is 47.5 Å². The van der Waals surface area contributed by atoms with E-state index >= 15 is 0 Å². The molecule has 1 heterocycles. The van der Waals surface area contributed by atoms with Crippen LogP contribution in [0.5, 0.6) is 0 Å². The number of piperazine rings is 1. The minimum absolute atomic E-state index is 0. The van der Waals surface area contributed by atoms with E-state index in [9.17, 15) is 4.39 Å². The van der Waals surface area contributed by atoms with Gasteiger partial charge in [-0.05, 0) is 6.54 Å². The van der Waals surface area contributed by atoms with Crippen molar-refractivity contribution in [2.45, 2.75) is 6.92 Å². The molecule has 1 aliphatic rings. The Bertz CT molecular complexity index is 667. The van der Waals surface area contributed by atoms with Crippen molar-refractivity contribution in [3.8, 4) is 0 Å². The van der Waals surface area contributed by atoms with Crippen LogP contribution < -0.4 is 0 Å². The van der Waals surface area contributed by atoms with Gasteiger partial charge in [0.05, 0.1) is 0 Å². The Kier molecular flexibility index (Phi) is 7.48. The summed E-state index contributed by atoms with van der Waals surface area (Å²) in [5.74, 6) is 0.540. The summed E-state index contributed by atoms with van der Waals surface area (Å²) in [4.78, 5) is 9.32. The second-order valence-electron chi connectivity index (χ2n) is 5.53. The molecule has 0 N–H and O–H groups in total. The number of hydrogen-bond donors (Lipinski definition) is 0. The fourth-order valence-corrected chi connectivity index (χ4v) is 2.72. The molecule has 0 aromatic heterocycles. The molecule has 0 saturated carbocycles. The summed E-state index contributed by atoms with van der Waals surface area (Å²) >= 11 is 0. The van der Waals surface area contributed by atoms with Crippen LogP contribution in [0.4, 0.5) is 10.1 Å². The second-order valence-corrected chi connectivity index (χ2v) is 5.53. The molecule has 2 aromatic rings. The molecule has 0 radical (unpaired) electrons. The van der Waals surface area contributed by atoms with E-state index in [4.69, 9.17) is 0 Å². The number of halogens is 1. The molecule has 3 rings (SSSR count). The monoisotopic (exact) mass is 547 g/mol. The number of benzene rings is 2. The molecule has 2 aromatic carbocycles. The van der Waals surface area contributed by atoms with Crippen molar-refractivity contribution in [1.29, 1.82) is 0 Å². The molecule has 24 heavy (non-hydrogen) atoms. The summed E-state index contributed by atoms with van der Waals surface area (Å²) < 4.78 is 13.4. The van der Waals surface area contributed by atoms with Crippen LogP contribution >= 0.6 is 0 Å². The Hall–Kier alpha value is -1.15. The van der Waals surface area contributed by atoms with Gasteiger partial charge in [-0.2, -0.15) is 12.1 Å². The fraction of sp³-hybridized carbons (Fsp3) is 0.316. The molecular formula is C19H20FN3U. The number of nitrogens with zero attached hydrogens (tertiary/aromatic N) is 3. The van der Waals surface area contributed by atoms with E-state index in [-0.39, 0.29) is 36.9 Å². The standard InChI is InChI=1S/C19H20FN3.U/c1-2-22-11-13-23(14-12-22)19(16-7-4-3-5-8-16)21-18-10-6-9-17(20)15-18;/h3-7,9,15H,2,11-14H2,1H3;/q-2;+2. The average molecular weight is 547 g/mol. The Morgan fingerprint density at radius 1 is 1.12 bits per heavy atom. The summed E-state index contributed by atoms with van der Waals surface area (Å²) in [6.45, 7) is 7.08. The molecular weight excluding hydrogens is 527 g/mol. The first-order valence-corrected chi connectivity index (χ1v) is 7.96. The van der Waals surface area contributed by atoms with Crippen molar-refractivity contribution >= 4 is 11.5 Å². The normalized spacial score (nSPS) is 15.9. The molecule has 1 aliphatic heterocycles. The van der Waals surface area contributed by atoms with Gasteiger partial charge in [-0.3, -0.25) is 0 Å². The molecule has 0 aliphatic carbocycles. The average Bonchev–Trinajstić information content (AvgIpc) is 2.61. The molecule has 0 amide bonds. The topological polar surface area (TPSA) is 18.8 Å². The van der Waals surface area contributed by atoms with Crippen molar-refractivity contribution < 1.29 is 35.5 Å². The van der Waals surface area contributed by atoms with Gasteiger partial charge in [0, 0.05) is 37.8 Å². The van der Waals surface area contributed by atoms with Crippen LogP contribution in [0, 0.1) is 49.1 Å². The summed E-state index contributed by atoms with van der Waals surface area (Å²) in [5, 5.41) is 0. The van der Waals surface area contributed by atoms with Crippen LogP contribution in [0.2, 0.25) is 0 Å². The van der Waals surface area contributed by atoms with Gasteiger partial charge in [-0.25, -0.2) is 4.39 Å². The van der Waals surface area contributed by atoms with Gasteiger partial charge in [0.2, 0.25) is 0 Å². The van der Waals surface area contributed by atoms with Gasteiger partial charge in [-0.15, -0.1) is 48.0 Å². The van der Waals surface area contributed by atoms with E-state index in [1.54, 1.807) is 6.07 Å². The van der Waals surface area contributed by atoms with Gasteiger partial charge in [0.15, 0.2) is 0 Å². The smallest absolute Gasteiger partial charge is 0.393 e. The first kappa shape index (κ1) is 19.2. The SMILES string of the molecule is CCN1CCN(C(=Nc2[c-]ccc(F)c2)c2[c-]cccc2)CC1.[U+2]. The maximum absolute atomic E-state index is 13.4. The van der Waals surface area contributed by atoms with Crippen molar-refractivity contribution in [3.05, 3.63) is 66.0 Å². The zero-order chi connectivity index (χ0) is 16.1. The number of hydrogen-bond acceptors (Lipinski definition) is 2. The first-order valence-electron chi connectivity index (χ1n) is 7.96. The van der Waals surface area contributed by atoms with Crippen LogP contribution in [-0.4, -0.2) is 48.4 Å². The van der Waals surface area contributed by atoms with E-state index in [2.05, 4.69) is 33.8 Å². The first-order chi connectivity index (χ1) is 11.3. The third kappa shape index (κ3) is 4.92. The van der Waals surface area contributed by atoms with Gasteiger partial charge < -0.3 is 14.8 Å². The molecule has 0 atom stereocenters. The molecule has 0 unspecified atom stereocenters. The molecule has 5 heteroatoms. The van der Waals surface area contributed by atoms with Gasteiger partial charge in [-0.1, -0.05) is 12.6 Å². The van der Waals surface area contributed by atoms with Crippen molar-refractivity contribution in [2.75, 3.05) is 32.7 Å².